The maximum absolute atomic E-state index is 12.2. The van der Waals surface area contributed by atoms with E-state index in [4.69, 9.17) is 4.74 Å². The Balaban J connectivity index is 1.82. The smallest absolute Gasteiger partial charge is 0.254 e. The summed E-state index contributed by atoms with van der Waals surface area (Å²) in [6.07, 6.45) is 2.50. The number of aromatic amines is 1. The molecule has 0 aliphatic carbocycles. The number of hydrogen-bond donors (Lipinski definition) is 1. The van der Waals surface area contributed by atoms with Crippen LogP contribution in [0.1, 0.15) is 17.7 Å². The van der Waals surface area contributed by atoms with Crippen molar-refractivity contribution in [3.8, 4) is 5.75 Å². The second kappa shape index (κ2) is 9.27. The van der Waals surface area contributed by atoms with Crippen molar-refractivity contribution < 1.29 is 9.53 Å². The van der Waals surface area contributed by atoms with Crippen molar-refractivity contribution in [3.05, 3.63) is 51.9 Å². The molecule has 7 heteroatoms. The molecule has 0 atom stereocenters. The number of ether oxygens (including phenoxy) is 1. The van der Waals surface area contributed by atoms with Crippen LogP contribution in [0.3, 0.4) is 0 Å². The predicted molar refractivity (Wildman–Crippen MR) is 99.3 cm³/mol. The molecule has 0 bridgehead atoms. The van der Waals surface area contributed by atoms with Crippen LogP contribution < -0.4 is 10.3 Å². The van der Waals surface area contributed by atoms with Crippen LogP contribution in [0.4, 0.5) is 0 Å². The van der Waals surface area contributed by atoms with Crippen molar-refractivity contribution in [3.63, 3.8) is 0 Å². The van der Waals surface area contributed by atoms with E-state index in [9.17, 15) is 9.59 Å². The molecule has 0 unspecified atom stereocenters. The lowest BCUT2D eigenvalue weighted by atomic mass is 10.1. The monoisotopic (exact) mass is 361 g/mol. The van der Waals surface area contributed by atoms with E-state index in [-0.39, 0.29) is 17.9 Å². The van der Waals surface area contributed by atoms with Gasteiger partial charge in [-0.3, -0.25) is 9.59 Å². The molecule has 0 fully saturated rings. The normalized spacial score (nSPS) is 10.5. The Morgan fingerprint density at radius 3 is 2.68 bits per heavy atom. The van der Waals surface area contributed by atoms with Crippen LogP contribution >= 0.6 is 11.8 Å². The van der Waals surface area contributed by atoms with E-state index in [0.29, 0.717) is 36.0 Å². The minimum atomic E-state index is -0.167. The number of H-pyrrole nitrogens is 1. The summed E-state index contributed by atoms with van der Waals surface area (Å²) >= 11 is 1.39. The Hall–Kier alpha value is -2.28. The first kappa shape index (κ1) is 19.1. The first-order valence-corrected chi connectivity index (χ1v) is 9.29. The molecule has 0 saturated heterocycles. The number of hydrogen-bond acceptors (Lipinski definition) is 5. The van der Waals surface area contributed by atoms with Gasteiger partial charge in [0.2, 0.25) is 5.91 Å². The lowest BCUT2D eigenvalue weighted by Gasteiger charge is -2.17. The predicted octanol–water partition coefficient (Wildman–Crippen LogP) is 2.27. The fraction of sp³-hybridized carbons (Fsp3) is 0.389. The molecule has 1 N–H and O–H groups in total. The molecule has 1 heterocycles. The fourth-order valence-electron chi connectivity index (χ4n) is 2.34. The number of carbonyl (C=O) groups excluding carboxylic acids is 1. The van der Waals surface area contributed by atoms with Crippen molar-refractivity contribution >= 4 is 17.7 Å². The number of nitrogens with one attached hydrogen (secondary N) is 1. The first-order valence-electron chi connectivity index (χ1n) is 8.07. The van der Waals surface area contributed by atoms with Crippen LogP contribution in [0.2, 0.25) is 0 Å². The van der Waals surface area contributed by atoms with E-state index in [1.807, 2.05) is 36.6 Å². The molecule has 0 saturated carbocycles. The number of para-hydroxylation sites is 1. The molecule has 25 heavy (non-hydrogen) atoms. The number of carbonyl (C=O) groups is 1. The van der Waals surface area contributed by atoms with Crippen molar-refractivity contribution in [2.45, 2.75) is 24.9 Å². The Bertz CT molecular complexity index is 762. The molecule has 0 aliphatic heterocycles. The third kappa shape index (κ3) is 5.63. The number of nitrogens with zero attached hydrogens (tertiary/aromatic N) is 2. The summed E-state index contributed by atoms with van der Waals surface area (Å²) < 4.78 is 5.59. The van der Waals surface area contributed by atoms with Crippen LogP contribution in [-0.4, -0.2) is 47.2 Å². The van der Waals surface area contributed by atoms with Gasteiger partial charge in [0.25, 0.3) is 5.56 Å². The largest absolute Gasteiger partial charge is 0.492 e. The highest BCUT2D eigenvalue weighted by atomic mass is 32.2. The summed E-state index contributed by atoms with van der Waals surface area (Å²) in [6.45, 7) is 2.72. The lowest BCUT2D eigenvalue weighted by Crippen LogP contribution is -2.31. The number of benzene rings is 1. The zero-order chi connectivity index (χ0) is 18.2. The second-order valence-corrected chi connectivity index (χ2v) is 6.41. The standard InChI is InChI=1S/C18H23N3O3S/c1-13-15(17(23)20-18(19-13)25-3)9-10-16(22)21(2)11-12-24-14-7-5-4-6-8-14/h4-8H,9-12H2,1-3H3,(H,19,20,23). The molecular formula is C18H23N3O3S. The van der Waals surface area contributed by atoms with E-state index in [2.05, 4.69) is 9.97 Å². The summed E-state index contributed by atoms with van der Waals surface area (Å²) in [7, 11) is 1.74. The number of aryl methyl sites for hydroxylation is 1. The van der Waals surface area contributed by atoms with Crippen molar-refractivity contribution in [1.29, 1.82) is 0 Å². The molecule has 1 aromatic carbocycles. The van der Waals surface area contributed by atoms with Crippen LogP contribution in [0.5, 0.6) is 5.75 Å². The number of rotatable bonds is 8. The van der Waals surface area contributed by atoms with Crippen molar-refractivity contribution in [1.82, 2.24) is 14.9 Å². The number of amides is 1. The van der Waals surface area contributed by atoms with Gasteiger partial charge in [0.05, 0.1) is 6.54 Å². The topological polar surface area (TPSA) is 75.3 Å². The molecular weight excluding hydrogens is 338 g/mol. The highest BCUT2D eigenvalue weighted by Crippen LogP contribution is 2.10. The van der Waals surface area contributed by atoms with E-state index < -0.39 is 0 Å². The summed E-state index contributed by atoms with van der Waals surface area (Å²) in [5.74, 6) is 0.759. The van der Waals surface area contributed by atoms with E-state index >= 15 is 0 Å². The molecule has 0 spiro atoms. The minimum absolute atomic E-state index is 0.0237. The average molecular weight is 361 g/mol. The van der Waals surface area contributed by atoms with E-state index in [0.717, 1.165) is 5.75 Å². The highest BCUT2D eigenvalue weighted by molar-refractivity contribution is 7.98. The Morgan fingerprint density at radius 1 is 1.32 bits per heavy atom. The number of likely N-dealkylation sites (N-methyl/N-ethyl adjacent to an activating group) is 1. The van der Waals surface area contributed by atoms with Gasteiger partial charge in [0, 0.05) is 24.7 Å². The average Bonchev–Trinajstić information content (AvgIpc) is 2.61. The molecule has 0 radical (unpaired) electrons. The highest BCUT2D eigenvalue weighted by Gasteiger charge is 2.13. The number of aromatic nitrogens is 2. The molecule has 2 rings (SSSR count). The van der Waals surface area contributed by atoms with Crippen LogP contribution in [-0.2, 0) is 11.2 Å². The molecule has 134 valence electrons. The summed E-state index contributed by atoms with van der Waals surface area (Å²) in [4.78, 5) is 33.0. The summed E-state index contributed by atoms with van der Waals surface area (Å²) in [6, 6.07) is 9.48. The van der Waals surface area contributed by atoms with Crippen molar-refractivity contribution in [2.24, 2.45) is 0 Å². The lowest BCUT2D eigenvalue weighted by molar-refractivity contribution is -0.130. The maximum atomic E-state index is 12.2. The van der Waals surface area contributed by atoms with Gasteiger partial charge < -0.3 is 14.6 Å². The zero-order valence-corrected chi connectivity index (χ0v) is 15.6. The van der Waals surface area contributed by atoms with Gasteiger partial charge in [-0.25, -0.2) is 4.98 Å². The minimum Gasteiger partial charge on any atom is -0.492 e. The second-order valence-electron chi connectivity index (χ2n) is 5.62. The van der Waals surface area contributed by atoms with Gasteiger partial charge in [-0.15, -0.1) is 0 Å². The zero-order valence-electron chi connectivity index (χ0n) is 14.7. The van der Waals surface area contributed by atoms with Crippen LogP contribution in [0.25, 0.3) is 0 Å². The molecule has 0 aliphatic rings. The first-order chi connectivity index (χ1) is 12.0. The maximum Gasteiger partial charge on any atom is 0.254 e. The van der Waals surface area contributed by atoms with Gasteiger partial charge in [0.15, 0.2) is 5.16 Å². The van der Waals surface area contributed by atoms with Crippen LogP contribution in [0.15, 0.2) is 40.3 Å². The van der Waals surface area contributed by atoms with Gasteiger partial charge in [-0.2, -0.15) is 0 Å². The van der Waals surface area contributed by atoms with Gasteiger partial charge >= 0.3 is 0 Å². The molecule has 1 amide bonds. The summed E-state index contributed by atoms with van der Waals surface area (Å²) in [5.41, 5.74) is 1.08. The quantitative estimate of drug-likeness (QED) is 0.577. The van der Waals surface area contributed by atoms with Gasteiger partial charge in [-0.1, -0.05) is 30.0 Å². The number of thioether (sulfide) groups is 1. The van der Waals surface area contributed by atoms with Crippen LogP contribution in [0, 0.1) is 6.92 Å². The third-order valence-electron chi connectivity index (χ3n) is 3.85. The molecule has 2 aromatic rings. The third-order valence-corrected chi connectivity index (χ3v) is 4.43. The Kier molecular flexibility index (Phi) is 7.06. The van der Waals surface area contributed by atoms with E-state index in [1.165, 1.54) is 11.8 Å². The van der Waals surface area contributed by atoms with Crippen molar-refractivity contribution in [2.75, 3.05) is 26.5 Å². The van der Waals surface area contributed by atoms with E-state index in [1.54, 1.807) is 18.9 Å². The Labute approximate surface area is 151 Å². The Morgan fingerprint density at radius 2 is 2.04 bits per heavy atom. The SMILES string of the molecule is CSc1nc(C)c(CCC(=O)N(C)CCOc2ccccc2)c(=O)[nH]1. The molecule has 6 nitrogen and oxygen atoms in total. The molecule has 1 aromatic heterocycles. The summed E-state index contributed by atoms with van der Waals surface area (Å²) in [5, 5.41) is 0.591. The fourth-order valence-corrected chi connectivity index (χ4v) is 2.76. The van der Waals surface area contributed by atoms with Gasteiger partial charge in [-0.05, 0) is 31.7 Å². The van der Waals surface area contributed by atoms with Gasteiger partial charge in [0.1, 0.15) is 12.4 Å².